The van der Waals surface area contributed by atoms with Crippen LogP contribution in [0, 0.1) is 23.2 Å². The van der Waals surface area contributed by atoms with Gasteiger partial charge in [0, 0.05) is 31.1 Å². The monoisotopic (exact) mass is 476 g/mol. The molecule has 0 aromatic rings. The number of carbonyl (C=O) groups is 3. The zero-order valence-corrected chi connectivity index (χ0v) is 21.4. The summed E-state index contributed by atoms with van der Waals surface area (Å²) in [7, 11) is 2.93. The van der Waals surface area contributed by atoms with Crippen molar-refractivity contribution in [2.24, 2.45) is 23.2 Å². The molecule has 0 amide bonds. The number of unbranched alkanes of at least 4 members (excludes halogenated alkanes) is 1. The highest BCUT2D eigenvalue weighted by Crippen LogP contribution is 2.53. The third kappa shape index (κ3) is 6.05. The SMILES string of the molecule is C=C(C(OC)OC)C1CC2(C)C(=CC1=O)C(OC(=O)C(C)=CC(C)CCCC)CCC2C(=O)O. The Balaban J connectivity index is 2.33. The molecule has 0 radical (unpaired) electrons. The van der Waals surface area contributed by atoms with Crippen LogP contribution in [0.2, 0.25) is 0 Å². The lowest BCUT2D eigenvalue weighted by Gasteiger charge is -2.48. The quantitative estimate of drug-likeness (QED) is 0.197. The van der Waals surface area contributed by atoms with Crippen LogP contribution in [-0.2, 0) is 28.6 Å². The summed E-state index contributed by atoms with van der Waals surface area (Å²) >= 11 is 0. The van der Waals surface area contributed by atoms with Gasteiger partial charge < -0.3 is 19.3 Å². The summed E-state index contributed by atoms with van der Waals surface area (Å²) in [6.45, 7) is 11.8. The second kappa shape index (κ2) is 11.9. The molecular weight excluding hydrogens is 436 g/mol. The van der Waals surface area contributed by atoms with Crippen molar-refractivity contribution >= 4 is 17.7 Å². The maximum Gasteiger partial charge on any atom is 0.333 e. The molecule has 5 atom stereocenters. The van der Waals surface area contributed by atoms with E-state index in [2.05, 4.69) is 20.4 Å². The predicted molar refractivity (Wildman–Crippen MR) is 129 cm³/mol. The second-order valence-electron chi connectivity index (χ2n) is 9.89. The largest absolute Gasteiger partial charge is 0.481 e. The summed E-state index contributed by atoms with van der Waals surface area (Å²) in [6, 6.07) is 0. The molecule has 1 fully saturated rings. The van der Waals surface area contributed by atoms with E-state index in [1.807, 2.05) is 13.0 Å². The number of methoxy groups -OCH3 is 2. The van der Waals surface area contributed by atoms with E-state index in [-0.39, 0.29) is 18.1 Å². The van der Waals surface area contributed by atoms with Crippen molar-refractivity contribution in [1.82, 2.24) is 0 Å². The van der Waals surface area contributed by atoms with Gasteiger partial charge in [-0.3, -0.25) is 9.59 Å². The van der Waals surface area contributed by atoms with Crippen molar-refractivity contribution in [3.05, 3.63) is 35.5 Å². The van der Waals surface area contributed by atoms with E-state index in [0.717, 1.165) is 19.3 Å². The van der Waals surface area contributed by atoms with Gasteiger partial charge in [0.2, 0.25) is 0 Å². The molecule has 0 spiro atoms. The average molecular weight is 477 g/mol. The molecule has 7 nitrogen and oxygen atoms in total. The third-order valence-electron chi connectivity index (χ3n) is 7.36. The lowest BCUT2D eigenvalue weighted by molar-refractivity contribution is -0.153. The fourth-order valence-electron chi connectivity index (χ4n) is 5.38. The van der Waals surface area contributed by atoms with E-state index in [4.69, 9.17) is 14.2 Å². The number of ether oxygens (including phenoxy) is 3. The average Bonchev–Trinajstić information content (AvgIpc) is 2.78. The van der Waals surface area contributed by atoms with Gasteiger partial charge >= 0.3 is 11.9 Å². The second-order valence-corrected chi connectivity index (χ2v) is 9.89. The maximum absolute atomic E-state index is 13.1. The van der Waals surface area contributed by atoms with Crippen molar-refractivity contribution in [3.63, 3.8) is 0 Å². The van der Waals surface area contributed by atoms with E-state index in [1.54, 1.807) is 6.92 Å². The zero-order chi connectivity index (χ0) is 25.6. The molecule has 0 aromatic heterocycles. The Kier molecular flexibility index (Phi) is 9.83. The van der Waals surface area contributed by atoms with Crippen molar-refractivity contribution in [2.45, 2.75) is 78.6 Å². The Morgan fingerprint density at radius 2 is 1.94 bits per heavy atom. The first kappa shape index (κ1) is 28.0. The summed E-state index contributed by atoms with van der Waals surface area (Å²) in [4.78, 5) is 38.1. The number of aliphatic carboxylic acids is 1. The number of rotatable bonds is 11. The molecule has 0 aliphatic heterocycles. The van der Waals surface area contributed by atoms with Gasteiger partial charge in [0.15, 0.2) is 12.1 Å². The first-order chi connectivity index (χ1) is 16.0. The van der Waals surface area contributed by atoms with Crippen LogP contribution in [0.1, 0.15) is 66.2 Å². The number of hydrogen-bond donors (Lipinski definition) is 1. The van der Waals surface area contributed by atoms with Crippen molar-refractivity contribution in [1.29, 1.82) is 0 Å². The molecule has 0 heterocycles. The van der Waals surface area contributed by atoms with Crippen LogP contribution in [0.5, 0.6) is 0 Å². The summed E-state index contributed by atoms with van der Waals surface area (Å²) in [6.07, 6.45) is 6.13. The third-order valence-corrected chi connectivity index (χ3v) is 7.36. The summed E-state index contributed by atoms with van der Waals surface area (Å²) in [5, 5.41) is 9.96. The van der Waals surface area contributed by atoms with Gasteiger partial charge in [0.1, 0.15) is 6.10 Å². The van der Waals surface area contributed by atoms with Crippen LogP contribution in [0.4, 0.5) is 0 Å². The normalized spacial score (nSPS) is 28.2. The molecule has 2 aliphatic carbocycles. The fraction of sp³-hybridized carbons (Fsp3) is 0.667. The Labute approximate surface area is 203 Å². The van der Waals surface area contributed by atoms with Gasteiger partial charge in [-0.1, -0.05) is 46.3 Å². The minimum absolute atomic E-state index is 0.205. The Bertz CT molecular complexity index is 851. The molecular formula is C27H40O7. The standard InChI is InChI=1S/C27H40O7/c1-8-9-10-16(2)13-17(3)25(31)34-23-12-11-20(24(29)30)27(5)15-19(22(28)14-21(23)27)18(4)26(32-6)33-7/h13-14,16,19-20,23,26H,4,8-12,15H2,1-3,5-7H3,(H,29,30). The van der Waals surface area contributed by atoms with Crippen LogP contribution in [0.3, 0.4) is 0 Å². The first-order valence-electron chi connectivity index (χ1n) is 12.1. The lowest BCUT2D eigenvalue weighted by atomic mass is 9.56. The molecule has 7 heteroatoms. The van der Waals surface area contributed by atoms with Gasteiger partial charge in [-0.05, 0) is 55.7 Å². The van der Waals surface area contributed by atoms with Gasteiger partial charge in [-0.25, -0.2) is 4.79 Å². The van der Waals surface area contributed by atoms with Crippen LogP contribution in [0.25, 0.3) is 0 Å². The number of esters is 1. The molecule has 34 heavy (non-hydrogen) atoms. The molecule has 2 aliphatic rings. The number of fused-ring (bicyclic) bond motifs is 1. The molecule has 0 aromatic carbocycles. The molecule has 2 rings (SSSR count). The minimum Gasteiger partial charge on any atom is -0.481 e. The van der Waals surface area contributed by atoms with E-state index in [0.29, 0.717) is 29.6 Å². The minimum atomic E-state index is -0.923. The van der Waals surface area contributed by atoms with E-state index < -0.39 is 41.6 Å². The van der Waals surface area contributed by atoms with Gasteiger partial charge in [0.05, 0.1) is 5.92 Å². The van der Waals surface area contributed by atoms with Crippen molar-refractivity contribution < 1.29 is 33.7 Å². The number of carboxylic acid groups (broad SMARTS) is 1. The van der Waals surface area contributed by atoms with E-state index in [1.165, 1.54) is 20.3 Å². The van der Waals surface area contributed by atoms with Crippen LogP contribution >= 0.6 is 0 Å². The smallest absolute Gasteiger partial charge is 0.333 e. The van der Waals surface area contributed by atoms with Gasteiger partial charge in [-0.15, -0.1) is 0 Å². The highest BCUT2D eigenvalue weighted by molar-refractivity contribution is 5.96. The number of allylic oxidation sites excluding steroid dienone is 2. The Morgan fingerprint density at radius 1 is 1.29 bits per heavy atom. The molecule has 0 bridgehead atoms. The van der Waals surface area contributed by atoms with E-state index in [9.17, 15) is 19.5 Å². The molecule has 190 valence electrons. The summed E-state index contributed by atoms with van der Waals surface area (Å²) in [5.41, 5.74) is 0.693. The molecule has 5 unspecified atom stereocenters. The van der Waals surface area contributed by atoms with Crippen LogP contribution < -0.4 is 0 Å². The Hall–Kier alpha value is -2.25. The van der Waals surface area contributed by atoms with E-state index >= 15 is 0 Å². The van der Waals surface area contributed by atoms with Crippen LogP contribution in [-0.4, -0.2) is 49.4 Å². The maximum atomic E-state index is 13.1. The molecule has 1 saturated carbocycles. The number of hydrogen-bond acceptors (Lipinski definition) is 6. The highest BCUT2D eigenvalue weighted by atomic mass is 16.7. The molecule has 1 N–H and O–H groups in total. The number of carbonyl (C=O) groups excluding carboxylic acids is 2. The summed E-state index contributed by atoms with van der Waals surface area (Å²) < 4.78 is 16.4. The first-order valence-corrected chi connectivity index (χ1v) is 12.1. The Morgan fingerprint density at radius 3 is 2.50 bits per heavy atom. The van der Waals surface area contributed by atoms with Crippen LogP contribution in [0.15, 0.2) is 35.5 Å². The lowest BCUT2D eigenvalue weighted by Crippen LogP contribution is -2.49. The number of ketones is 1. The fourth-order valence-corrected chi connectivity index (χ4v) is 5.38. The number of carboxylic acids is 1. The predicted octanol–water partition coefficient (Wildman–Crippen LogP) is 4.86. The topological polar surface area (TPSA) is 99.1 Å². The highest BCUT2D eigenvalue weighted by Gasteiger charge is 2.53. The zero-order valence-electron chi connectivity index (χ0n) is 21.4. The van der Waals surface area contributed by atoms with Crippen molar-refractivity contribution in [3.8, 4) is 0 Å². The molecule has 0 saturated heterocycles. The summed E-state index contributed by atoms with van der Waals surface area (Å²) in [5.74, 6) is -2.64. The van der Waals surface area contributed by atoms with Gasteiger partial charge in [-0.2, -0.15) is 0 Å². The van der Waals surface area contributed by atoms with Crippen molar-refractivity contribution in [2.75, 3.05) is 14.2 Å². The van der Waals surface area contributed by atoms with Gasteiger partial charge in [0.25, 0.3) is 0 Å².